The van der Waals surface area contributed by atoms with Gasteiger partial charge in [-0.05, 0) is 54.8 Å². The molecule has 30 heavy (non-hydrogen) atoms. The number of carbonyl (C=O) groups excluding carboxylic acids is 1. The SMILES string of the molecule is O=C(c1ccc(Cl)cc1)N(Cc1nccn1Cc1cccc(Cl)c1)CC1CCCO1. The van der Waals surface area contributed by atoms with Gasteiger partial charge >= 0.3 is 0 Å². The second-order valence-electron chi connectivity index (χ2n) is 7.43. The van der Waals surface area contributed by atoms with Crippen molar-refractivity contribution in [3.05, 3.63) is 87.9 Å². The average molecular weight is 444 g/mol. The predicted octanol–water partition coefficient (Wildman–Crippen LogP) is 5.06. The van der Waals surface area contributed by atoms with Crippen LogP contribution in [0.25, 0.3) is 0 Å². The molecule has 0 aliphatic carbocycles. The summed E-state index contributed by atoms with van der Waals surface area (Å²) in [5.41, 5.74) is 1.68. The van der Waals surface area contributed by atoms with E-state index in [1.807, 2.05) is 39.9 Å². The summed E-state index contributed by atoms with van der Waals surface area (Å²) in [4.78, 5) is 19.6. The first kappa shape index (κ1) is 20.9. The van der Waals surface area contributed by atoms with E-state index >= 15 is 0 Å². The number of halogens is 2. The first-order valence-electron chi connectivity index (χ1n) is 9.99. The normalized spacial score (nSPS) is 16.0. The first-order chi connectivity index (χ1) is 14.6. The number of benzene rings is 2. The van der Waals surface area contributed by atoms with Crippen LogP contribution in [0.5, 0.6) is 0 Å². The van der Waals surface area contributed by atoms with E-state index < -0.39 is 0 Å². The highest BCUT2D eigenvalue weighted by molar-refractivity contribution is 6.30. The fourth-order valence-corrected chi connectivity index (χ4v) is 4.01. The van der Waals surface area contributed by atoms with Crippen LogP contribution in [0.15, 0.2) is 60.9 Å². The summed E-state index contributed by atoms with van der Waals surface area (Å²) >= 11 is 12.1. The van der Waals surface area contributed by atoms with Crippen molar-refractivity contribution in [3.63, 3.8) is 0 Å². The molecule has 2 aromatic carbocycles. The number of nitrogens with zero attached hydrogens (tertiary/aromatic N) is 3. The fraction of sp³-hybridized carbons (Fsp3) is 0.304. The van der Waals surface area contributed by atoms with Crippen molar-refractivity contribution < 1.29 is 9.53 Å². The van der Waals surface area contributed by atoms with Crippen LogP contribution >= 0.6 is 23.2 Å². The van der Waals surface area contributed by atoms with E-state index in [1.54, 1.807) is 30.5 Å². The van der Waals surface area contributed by atoms with Crippen LogP contribution in [0.4, 0.5) is 0 Å². The highest BCUT2D eigenvalue weighted by Gasteiger charge is 2.25. The van der Waals surface area contributed by atoms with Crippen molar-refractivity contribution >= 4 is 29.1 Å². The molecule has 0 spiro atoms. The molecule has 1 unspecified atom stereocenters. The van der Waals surface area contributed by atoms with Gasteiger partial charge in [-0.1, -0.05) is 35.3 Å². The van der Waals surface area contributed by atoms with Crippen LogP contribution in [0.1, 0.15) is 34.6 Å². The molecular formula is C23H23Cl2N3O2. The summed E-state index contributed by atoms with van der Waals surface area (Å²) in [5, 5.41) is 1.31. The zero-order valence-corrected chi connectivity index (χ0v) is 18.0. The smallest absolute Gasteiger partial charge is 0.254 e. The largest absolute Gasteiger partial charge is 0.376 e. The third-order valence-electron chi connectivity index (χ3n) is 5.20. The number of carbonyl (C=O) groups is 1. The molecule has 1 aliphatic heterocycles. The highest BCUT2D eigenvalue weighted by atomic mass is 35.5. The van der Waals surface area contributed by atoms with E-state index in [2.05, 4.69) is 4.98 Å². The molecule has 2 heterocycles. The lowest BCUT2D eigenvalue weighted by Gasteiger charge is -2.26. The summed E-state index contributed by atoms with van der Waals surface area (Å²) in [7, 11) is 0. The van der Waals surface area contributed by atoms with Crippen LogP contribution in [0, 0.1) is 0 Å². The Kier molecular flexibility index (Phi) is 6.72. The summed E-state index contributed by atoms with van der Waals surface area (Å²) < 4.78 is 7.83. The summed E-state index contributed by atoms with van der Waals surface area (Å²) in [5.74, 6) is 0.759. The lowest BCUT2D eigenvalue weighted by atomic mass is 10.1. The second-order valence-corrected chi connectivity index (χ2v) is 8.30. The van der Waals surface area contributed by atoms with Crippen LogP contribution in [-0.2, 0) is 17.8 Å². The third kappa shape index (κ3) is 5.22. The zero-order chi connectivity index (χ0) is 20.9. The van der Waals surface area contributed by atoms with Gasteiger partial charge in [0.25, 0.3) is 5.91 Å². The molecule has 1 amide bonds. The van der Waals surface area contributed by atoms with Crippen molar-refractivity contribution in [2.24, 2.45) is 0 Å². The van der Waals surface area contributed by atoms with E-state index in [1.165, 1.54) is 0 Å². The Morgan fingerprint density at radius 1 is 1.17 bits per heavy atom. The second kappa shape index (κ2) is 9.65. The topological polar surface area (TPSA) is 47.4 Å². The van der Waals surface area contributed by atoms with Crippen LogP contribution < -0.4 is 0 Å². The Labute approximate surface area is 186 Å². The number of hydrogen-bond acceptors (Lipinski definition) is 3. The van der Waals surface area contributed by atoms with Crippen molar-refractivity contribution in [3.8, 4) is 0 Å². The predicted molar refractivity (Wildman–Crippen MR) is 118 cm³/mol. The van der Waals surface area contributed by atoms with E-state index in [0.717, 1.165) is 30.8 Å². The molecule has 7 heteroatoms. The van der Waals surface area contributed by atoms with Gasteiger partial charge in [-0.25, -0.2) is 4.98 Å². The Bertz CT molecular complexity index is 998. The number of aromatic nitrogens is 2. The quantitative estimate of drug-likeness (QED) is 0.512. The van der Waals surface area contributed by atoms with Gasteiger partial charge in [0, 0.05) is 47.7 Å². The van der Waals surface area contributed by atoms with Crippen LogP contribution in [0.2, 0.25) is 10.0 Å². The number of ether oxygens (including phenoxy) is 1. The molecule has 0 N–H and O–H groups in total. The van der Waals surface area contributed by atoms with E-state index in [0.29, 0.717) is 35.2 Å². The van der Waals surface area contributed by atoms with Crippen molar-refractivity contribution in [1.29, 1.82) is 0 Å². The number of imidazole rings is 1. The molecule has 156 valence electrons. The third-order valence-corrected chi connectivity index (χ3v) is 5.69. The lowest BCUT2D eigenvalue weighted by molar-refractivity contribution is 0.0499. The maximum absolute atomic E-state index is 13.3. The van der Waals surface area contributed by atoms with E-state index in [-0.39, 0.29) is 12.0 Å². The summed E-state index contributed by atoms with van der Waals surface area (Å²) in [6.07, 6.45) is 5.72. The molecule has 4 rings (SSSR count). The molecule has 1 fully saturated rings. The molecule has 1 aromatic heterocycles. The maximum atomic E-state index is 13.3. The van der Waals surface area contributed by atoms with Gasteiger partial charge in [0.1, 0.15) is 5.82 Å². The minimum absolute atomic E-state index is 0.0533. The van der Waals surface area contributed by atoms with Gasteiger partial charge in [-0.3, -0.25) is 4.79 Å². The van der Waals surface area contributed by atoms with Crippen LogP contribution in [-0.4, -0.2) is 39.6 Å². The molecule has 0 bridgehead atoms. The van der Waals surface area contributed by atoms with Gasteiger partial charge in [-0.2, -0.15) is 0 Å². The van der Waals surface area contributed by atoms with Crippen molar-refractivity contribution in [1.82, 2.24) is 14.5 Å². The van der Waals surface area contributed by atoms with Crippen LogP contribution in [0.3, 0.4) is 0 Å². The number of hydrogen-bond donors (Lipinski definition) is 0. The molecule has 3 aromatic rings. The fourth-order valence-electron chi connectivity index (χ4n) is 3.67. The van der Waals surface area contributed by atoms with Gasteiger partial charge < -0.3 is 14.2 Å². The zero-order valence-electron chi connectivity index (χ0n) is 16.5. The Balaban J connectivity index is 1.55. The molecule has 0 saturated carbocycles. The Hall–Kier alpha value is -2.34. The molecule has 1 aliphatic rings. The maximum Gasteiger partial charge on any atom is 0.254 e. The minimum atomic E-state index is -0.0560. The minimum Gasteiger partial charge on any atom is -0.376 e. The standard InChI is InChI=1S/C23H23Cl2N3O2/c24-19-8-6-18(7-9-19)23(29)28(15-21-5-2-12-30-21)16-22-26-10-11-27(22)14-17-3-1-4-20(25)13-17/h1,3-4,6-11,13,21H,2,5,12,14-16H2. The highest BCUT2D eigenvalue weighted by Crippen LogP contribution is 2.19. The van der Waals surface area contributed by atoms with Gasteiger partial charge in [0.2, 0.25) is 0 Å². The summed E-state index contributed by atoms with van der Waals surface area (Å²) in [6.45, 7) is 2.32. The van der Waals surface area contributed by atoms with Gasteiger partial charge in [-0.15, -0.1) is 0 Å². The van der Waals surface area contributed by atoms with E-state index in [4.69, 9.17) is 27.9 Å². The monoisotopic (exact) mass is 443 g/mol. The Morgan fingerprint density at radius 2 is 2.00 bits per heavy atom. The van der Waals surface area contributed by atoms with E-state index in [9.17, 15) is 4.79 Å². The number of rotatable bonds is 7. The van der Waals surface area contributed by atoms with Gasteiger partial charge in [0.05, 0.1) is 12.6 Å². The summed E-state index contributed by atoms with van der Waals surface area (Å²) in [6, 6.07) is 14.7. The van der Waals surface area contributed by atoms with Gasteiger partial charge in [0.15, 0.2) is 0 Å². The average Bonchev–Trinajstić information content (AvgIpc) is 3.40. The molecular weight excluding hydrogens is 421 g/mol. The number of amides is 1. The lowest BCUT2D eigenvalue weighted by Crippen LogP contribution is -2.37. The van der Waals surface area contributed by atoms with Crippen molar-refractivity contribution in [2.45, 2.75) is 32.0 Å². The molecule has 1 atom stereocenters. The molecule has 0 radical (unpaired) electrons. The van der Waals surface area contributed by atoms with Crippen molar-refractivity contribution in [2.75, 3.05) is 13.2 Å². The Morgan fingerprint density at radius 3 is 2.73 bits per heavy atom. The molecule has 1 saturated heterocycles. The first-order valence-corrected chi connectivity index (χ1v) is 10.7. The molecule has 5 nitrogen and oxygen atoms in total.